The number of aromatic nitrogens is 2. The van der Waals surface area contributed by atoms with Crippen molar-refractivity contribution in [3.05, 3.63) is 35.5 Å². The van der Waals surface area contributed by atoms with Crippen LogP contribution in [-0.2, 0) is 6.42 Å². The first-order valence-corrected chi connectivity index (χ1v) is 5.77. The highest BCUT2D eigenvalue weighted by atomic mass is 19.3. The molecule has 0 atom stereocenters. The fourth-order valence-corrected chi connectivity index (χ4v) is 1.67. The Bertz CT molecular complexity index is 556. The van der Waals surface area contributed by atoms with E-state index in [0.29, 0.717) is 36.1 Å². The number of rotatable bonds is 5. The van der Waals surface area contributed by atoms with Gasteiger partial charge in [0.25, 0.3) is 6.43 Å². The van der Waals surface area contributed by atoms with Crippen molar-refractivity contribution in [2.45, 2.75) is 19.8 Å². The van der Waals surface area contributed by atoms with Crippen LogP contribution in [0.2, 0.25) is 0 Å². The Labute approximate surface area is 108 Å². The molecule has 0 radical (unpaired) electrons. The summed E-state index contributed by atoms with van der Waals surface area (Å²) >= 11 is 0. The van der Waals surface area contributed by atoms with Gasteiger partial charge in [-0.3, -0.25) is 0 Å². The van der Waals surface area contributed by atoms with Crippen molar-refractivity contribution < 1.29 is 13.3 Å². The molecule has 7 heteroatoms. The molecule has 0 unspecified atom stereocenters. The van der Waals surface area contributed by atoms with E-state index < -0.39 is 6.43 Å². The van der Waals surface area contributed by atoms with Crippen molar-refractivity contribution in [3.63, 3.8) is 0 Å². The van der Waals surface area contributed by atoms with Crippen molar-refractivity contribution in [2.75, 3.05) is 17.6 Å². The lowest BCUT2D eigenvalue weighted by atomic mass is 10.1. The third-order valence-electron chi connectivity index (χ3n) is 2.54. The second kappa shape index (κ2) is 5.64. The lowest BCUT2D eigenvalue weighted by molar-refractivity contribution is 0.152. The second-order valence-electron chi connectivity index (χ2n) is 4.05. The van der Waals surface area contributed by atoms with Crippen molar-refractivity contribution >= 4 is 11.4 Å². The summed E-state index contributed by atoms with van der Waals surface area (Å²) in [6.07, 6.45) is -2.08. The van der Waals surface area contributed by atoms with Gasteiger partial charge in [-0.2, -0.15) is 4.98 Å². The Kier molecular flexibility index (Phi) is 3.94. The largest absolute Gasteiger partial charge is 0.399 e. The number of benzene rings is 1. The number of anilines is 2. The minimum Gasteiger partial charge on any atom is -0.399 e. The maximum atomic E-state index is 12.8. The van der Waals surface area contributed by atoms with Crippen molar-refractivity contribution in [3.8, 4) is 0 Å². The summed E-state index contributed by atoms with van der Waals surface area (Å²) in [5.74, 6) is 1.02. The molecule has 0 aliphatic carbocycles. The molecule has 1 aromatic carbocycles. The predicted molar refractivity (Wildman–Crippen MR) is 67.0 cm³/mol. The number of nitrogen functional groups attached to an aromatic ring is 1. The van der Waals surface area contributed by atoms with Crippen LogP contribution < -0.4 is 11.1 Å². The summed E-state index contributed by atoms with van der Waals surface area (Å²) in [7, 11) is 0. The highest BCUT2D eigenvalue weighted by Crippen LogP contribution is 2.28. The number of alkyl halides is 2. The van der Waals surface area contributed by atoms with E-state index >= 15 is 0 Å². The molecule has 0 saturated heterocycles. The summed E-state index contributed by atoms with van der Waals surface area (Å²) < 4.78 is 30.5. The average Bonchev–Trinajstić information content (AvgIpc) is 2.77. The number of nitrogens with two attached hydrogens (primary N) is 1. The number of aryl methyl sites for hydroxylation is 1. The standard InChI is InChI=1S/C12H14F2N4O/c1-7-17-11(18-19-7)4-5-16-10-3-2-8(15)6-9(10)12(13)14/h2-3,6,12,16H,4-5,15H2,1H3. The topological polar surface area (TPSA) is 77.0 Å². The predicted octanol–water partition coefficient (Wildman–Crippen LogP) is 2.55. The summed E-state index contributed by atoms with van der Waals surface area (Å²) in [5, 5.41) is 6.65. The van der Waals surface area contributed by atoms with Crippen LogP contribution in [0.4, 0.5) is 20.2 Å². The fourth-order valence-electron chi connectivity index (χ4n) is 1.67. The molecule has 1 aromatic heterocycles. The van der Waals surface area contributed by atoms with Gasteiger partial charge < -0.3 is 15.6 Å². The molecule has 3 N–H and O–H groups in total. The molecule has 19 heavy (non-hydrogen) atoms. The highest BCUT2D eigenvalue weighted by molar-refractivity contribution is 5.58. The third-order valence-corrected chi connectivity index (χ3v) is 2.54. The van der Waals surface area contributed by atoms with Gasteiger partial charge in [-0.05, 0) is 18.2 Å². The Balaban J connectivity index is 1.99. The van der Waals surface area contributed by atoms with Gasteiger partial charge in [0.15, 0.2) is 5.82 Å². The van der Waals surface area contributed by atoms with Crippen LogP contribution in [0.5, 0.6) is 0 Å². The van der Waals surface area contributed by atoms with Crippen LogP contribution in [0.25, 0.3) is 0 Å². The molecular formula is C12H14F2N4O. The smallest absolute Gasteiger partial charge is 0.265 e. The number of nitrogens with zero attached hydrogens (tertiary/aromatic N) is 2. The zero-order valence-corrected chi connectivity index (χ0v) is 10.4. The molecule has 0 amide bonds. The van der Waals surface area contributed by atoms with E-state index in [1.807, 2.05) is 0 Å². The van der Waals surface area contributed by atoms with E-state index in [1.54, 1.807) is 13.0 Å². The van der Waals surface area contributed by atoms with E-state index in [1.165, 1.54) is 12.1 Å². The summed E-state index contributed by atoms with van der Waals surface area (Å²) in [6.45, 7) is 2.13. The van der Waals surface area contributed by atoms with Crippen LogP contribution in [0, 0.1) is 6.92 Å². The first-order chi connectivity index (χ1) is 9.06. The molecular weight excluding hydrogens is 254 g/mol. The monoisotopic (exact) mass is 268 g/mol. The van der Waals surface area contributed by atoms with E-state index in [2.05, 4.69) is 15.5 Å². The van der Waals surface area contributed by atoms with E-state index in [4.69, 9.17) is 10.3 Å². The minimum atomic E-state index is -2.57. The Morgan fingerprint density at radius 2 is 2.21 bits per heavy atom. The Morgan fingerprint density at radius 3 is 2.84 bits per heavy atom. The van der Waals surface area contributed by atoms with Gasteiger partial charge >= 0.3 is 0 Å². The van der Waals surface area contributed by atoms with Crippen molar-refractivity contribution in [1.82, 2.24) is 10.1 Å². The van der Waals surface area contributed by atoms with Gasteiger partial charge in [-0.15, -0.1) is 0 Å². The normalized spacial score (nSPS) is 10.9. The number of hydrogen-bond acceptors (Lipinski definition) is 5. The molecule has 0 saturated carbocycles. The summed E-state index contributed by atoms with van der Waals surface area (Å²) in [4.78, 5) is 4.03. The maximum Gasteiger partial charge on any atom is 0.265 e. The van der Waals surface area contributed by atoms with Crippen LogP contribution >= 0.6 is 0 Å². The molecule has 102 valence electrons. The molecule has 5 nitrogen and oxygen atoms in total. The maximum absolute atomic E-state index is 12.8. The molecule has 2 aromatic rings. The van der Waals surface area contributed by atoms with Gasteiger partial charge in [0.05, 0.1) is 0 Å². The second-order valence-corrected chi connectivity index (χ2v) is 4.05. The van der Waals surface area contributed by atoms with Crippen LogP contribution in [-0.4, -0.2) is 16.7 Å². The van der Waals surface area contributed by atoms with Crippen molar-refractivity contribution in [2.24, 2.45) is 0 Å². The quantitative estimate of drug-likeness (QED) is 0.815. The third kappa shape index (κ3) is 3.40. The SMILES string of the molecule is Cc1nc(CCNc2ccc(N)cc2C(F)F)no1. The summed E-state index contributed by atoms with van der Waals surface area (Å²) in [5.41, 5.74) is 6.07. The average molecular weight is 268 g/mol. The highest BCUT2D eigenvalue weighted by Gasteiger charge is 2.13. The molecule has 0 aliphatic rings. The number of halogens is 2. The zero-order valence-electron chi connectivity index (χ0n) is 10.4. The molecule has 0 spiro atoms. The van der Waals surface area contributed by atoms with Gasteiger partial charge in [-0.1, -0.05) is 5.16 Å². The van der Waals surface area contributed by atoms with E-state index in [-0.39, 0.29) is 5.56 Å². The zero-order chi connectivity index (χ0) is 13.8. The Hall–Kier alpha value is -2.18. The van der Waals surface area contributed by atoms with Gasteiger partial charge in [-0.25, -0.2) is 8.78 Å². The first-order valence-electron chi connectivity index (χ1n) is 5.77. The Morgan fingerprint density at radius 1 is 1.42 bits per heavy atom. The van der Waals surface area contributed by atoms with E-state index in [9.17, 15) is 8.78 Å². The lowest BCUT2D eigenvalue weighted by Gasteiger charge is -2.11. The molecule has 0 aliphatic heterocycles. The van der Waals surface area contributed by atoms with Crippen molar-refractivity contribution in [1.29, 1.82) is 0 Å². The molecule has 0 fully saturated rings. The minimum absolute atomic E-state index is 0.107. The number of hydrogen-bond donors (Lipinski definition) is 2. The van der Waals surface area contributed by atoms with Gasteiger partial charge in [0.1, 0.15) is 0 Å². The fraction of sp³-hybridized carbons (Fsp3) is 0.333. The first kappa shape index (κ1) is 13.3. The van der Waals surface area contributed by atoms with Crippen LogP contribution in [0.3, 0.4) is 0 Å². The molecule has 1 heterocycles. The lowest BCUT2D eigenvalue weighted by Crippen LogP contribution is -2.08. The molecule has 0 bridgehead atoms. The van der Waals surface area contributed by atoms with Gasteiger partial charge in [0, 0.05) is 36.8 Å². The van der Waals surface area contributed by atoms with Gasteiger partial charge in [0.2, 0.25) is 5.89 Å². The van der Waals surface area contributed by atoms with Crippen LogP contribution in [0.15, 0.2) is 22.7 Å². The summed E-state index contributed by atoms with van der Waals surface area (Å²) in [6, 6.07) is 4.39. The molecule has 2 rings (SSSR count). The van der Waals surface area contributed by atoms with E-state index in [0.717, 1.165) is 0 Å². The van der Waals surface area contributed by atoms with Crippen LogP contribution in [0.1, 0.15) is 23.7 Å². The number of nitrogens with one attached hydrogen (secondary N) is 1.